The summed E-state index contributed by atoms with van der Waals surface area (Å²) in [5.74, 6) is 1.29. The van der Waals surface area contributed by atoms with Gasteiger partial charge in [-0.1, -0.05) is 18.2 Å². The normalized spacial score (nSPS) is 20.8. The van der Waals surface area contributed by atoms with Crippen LogP contribution in [0.5, 0.6) is 17.2 Å². The van der Waals surface area contributed by atoms with Crippen molar-refractivity contribution in [2.45, 2.75) is 36.6 Å². The zero-order chi connectivity index (χ0) is 22.3. The average Bonchev–Trinajstić information content (AvgIpc) is 3.20. The number of ether oxygens (including phenoxy) is 3. The molecule has 164 valence electrons. The lowest BCUT2D eigenvalue weighted by molar-refractivity contribution is -0.126. The standard InChI is InChI=1S/C23H26N2O5S/c1-23(2)19(20(26)24-12-13-6-8-14(28-3)9-7-13)25-21(27)17-15(22(25)31-23)10-11-16(29-4)18(17)30-5/h6-11,19,22H,12H2,1-5H3,(H,24,26)/t19-,22?/m1/s1. The fourth-order valence-corrected chi connectivity index (χ4v) is 5.86. The minimum absolute atomic E-state index is 0.178. The topological polar surface area (TPSA) is 77.1 Å². The molecule has 2 aromatic rings. The van der Waals surface area contributed by atoms with Gasteiger partial charge in [0.15, 0.2) is 11.5 Å². The van der Waals surface area contributed by atoms with E-state index >= 15 is 0 Å². The number of hydrogen-bond acceptors (Lipinski definition) is 6. The fraction of sp³-hybridized carbons (Fsp3) is 0.391. The number of fused-ring (bicyclic) bond motifs is 3. The molecule has 0 aromatic heterocycles. The van der Waals surface area contributed by atoms with Gasteiger partial charge in [-0.15, -0.1) is 11.8 Å². The van der Waals surface area contributed by atoms with Gasteiger partial charge in [0.25, 0.3) is 5.91 Å². The van der Waals surface area contributed by atoms with E-state index in [9.17, 15) is 9.59 Å². The van der Waals surface area contributed by atoms with Crippen molar-refractivity contribution in [3.63, 3.8) is 0 Å². The third-order valence-corrected chi connectivity index (χ3v) is 7.31. The summed E-state index contributed by atoms with van der Waals surface area (Å²) < 4.78 is 15.6. The summed E-state index contributed by atoms with van der Waals surface area (Å²) in [6, 6.07) is 10.6. The van der Waals surface area contributed by atoms with Gasteiger partial charge in [-0.05, 0) is 37.6 Å². The summed E-state index contributed by atoms with van der Waals surface area (Å²) in [7, 11) is 4.67. The molecule has 31 heavy (non-hydrogen) atoms. The first-order valence-corrected chi connectivity index (χ1v) is 10.9. The predicted molar refractivity (Wildman–Crippen MR) is 119 cm³/mol. The van der Waals surface area contributed by atoms with Crippen LogP contribution in [0.3, 0.4) is 0 Å². The van der Waals surface area contributed by atoms with E-state index in [1.807, 2.05) is 44.2 Å². The van der Waals surface area contributed by atoms with Crippen LogP contribution in [0.4, 0.5) is 0 Å². The molecule has 7 nitrogen and oxygen atoms in total. The van der Waals surface area contributed by atoms with Crippen LogP contribution in [-0.4, -0.2) is 48.8 Å². The van der Waals surface area contributed by atoms with Crippen LogP contribution in [0.25, 0.3) is 0 Å². The molecular formula is C23H26N2O5S. The van der Waals surface area contributed by atoms with Crippen LogP contribution in [0.2, 0.25) is 0 Å². The van der Waals surface area contributed by atoms with Gasteiger partial charge in [0.2, 0.25) is 5.91 Å². The van der Waals surface area contributed by atoms with Gasteiger partial charge < -0.3 is 24.4 Å². The van der Waals surface area contributed by atoms with E-state index in [2.05, 4.69) is 5.32 Å². The van der Waals surface area contributed by atoms with Crippen molar-refractivity contribution in [2.75, 3.05) is 21.3 Å². The molecule has 2 aliphatic heterocycles. The van der Waals surface area contributed by atoms with E-state index in [-0.39, 0.29) is 17.2 Å². The zero-order valence-electron chi connectivity index (χ0n) is 18.2. The summed E-state index contributed by atoms with van der Waals surface area (Å²) in [5, 5.41) is 2.76. The Morgan fingerprint density at radius 1 is 1.06 bits per heavy atom. The van der Waals surface area contributed by atoms with Crippen molar-refractivity contribution >= 4 is 23.6 Å². The maximum absolute atomic E-state index is 13.5. The van der Waals surface area contributed by atoms with E-state index < -0.39 is 10.8 Å². The molecule has 2 aromatic carbocycles. The molecule has 2 aliphatic rings. The highest BCUT2D eigenvalue weighted by Gasteiger charge is 2.58. The monoisotopic (exact) mass is 442 g/mol. The largest absolute Gasteiger partial charge is 0.497 e. The first-order valence-electron chi connectivity index (χ1n) is 9.98. The highest BCUT2D eigenvalue weighted by atomic mass is 32.2. The molecule has 0 radical (unpaired) electrons. The average molecular weight is 443 g/mol. The number of benzene rings is 2. The fourth-order valence-electron chi connectivity index (χ4n) is 4.29. The number of nitrogens with one attached hydrogen (secondary N) is 1. The van der Waals surface area contributed by atoms with Gasteiger partial charge in [-0.25, -0.2) is 0 Å². The maximum Gasteiger partial charge on any atom is 0.260 e. The maximum atomic E-state index is 13.5. The Balaban J connectivity index is 1.60. The van der Waals surface area contributed by atoms with Crippen molar-refractivity contribution in [3.8, 4) is 17.2 Å². The van der Waals surface area contributed by atoms with Gasteiger partial charge in [0.05, 0.1) is 26.9 Å². The molecule has 0 aliphatic carbocycles. The van der Waals surface area contributed by atoms with Gasteiger partial charge in [-0.2, -0.15) is 0 Å². The van der Waals surface area contributed by atoms with Crippen LogP contribution in [0, 0.1) is 0 Å². The van der Waals surface area contributed by atoms with Gasteiger partial charge in [0, 0.05) is 16.9 Å². The van der Waals surface area contributed by atoms with Crippen LogP contribution in [0.15, 0.2) is 36.4 Å². The van der Waals surface area contributed by atoms with E-state index in [4.69, 9.17) is 14.2 Å². The molecule has 4 rings (SSSR count). The molecule has 1 saturated heterocycles. The number of nitrogens with zero attached hydrogens (tertiary/aromatic N) is 1. The van der Waals surface area contributed by atoms with Crippen LogP contribution in [0.1, 0.15) is 40.7 Å². The van der Waals surface area contributed by atoms with Crippen LogP contribution < -0.4 is 19.5 Å². The number of carbonyl (C=O) groups is 2. The molecule has 2 amide bonds. The minimum atomic E-state index is -0.614. The SMILES string of the molecule is COc1ccc(CNC(=O)[C@H]2N3C(=O)c4c(ccc(OC)c4OC)C3SC2(C)C)cc1. The molecule has 2 atom stereocenters. The molecule has 0 spiro atoms. The molecule has 1 fully saturated rings. The summed E-state index contributed by atoms with van der Waals surface area (Å²) in [6.07, 6.45) is 0. The smallest absolute Gasteiger partial charge is 0.260 e. The summed E-state index contributed by atoms with van der Waals surface area (Å²) >= 11 is 1.61. The number of rotatable bonds is 6. The lowest BCUT2D eigenvalue weighted by Gasteiger charge is -2.29. The Morgan fingerprint density at radius 2 is 1.77 bits per heavy atom. The summed E-state index contributed by atoms with van der Waals surface area (Å²) in [6.45, 7) is 4.37. The van der Waals surface area contributed by atoms with Crippen molar-refractivity contribution in [3.05, 3.63) is 53.1 Å². The highest BCUT2D eigenvalue weighted by Crippen LogP contribution is 2.58. The molecule has 8 heteroatoms. The van der Waals surface area contributed by atoms with Gasteiger partial charge >= 0.3 is 0 Å². The van der Waals surface area contributed by atoms with E-state index in [0.717, 1.165) is 16.9 Å². The van der Waals surface area contributed by atoms with Gasteiger partial charge in [0.1, 0.15) is 17.2 Å². The molecule has 2 heterocycles. The van der Waals surface area contributed by atoms with Crippen molar-refractivity contribution in [2.24, 2.45) is 0 Å². The van der Waals surface area contributed by atoms with Gasteiger partial charge in [-0.3, -0.25) is 9.59 Å². The Kier molecular flexibility index (Phi) is 5.51. The first kappa shape index (κ1) is 21.4. The predicted octanol–water partition coefficient (Wildman–Crippen LogP) is 3.38. The lowest BCUT2D eigenvalue weighted by atomic mass is 10.0. The van der Waals surface area contributed by atoms with E-state index in [0.29, 0.717) is 23.6 Å². The number of carbonyl (C=O) groups excluding carboxylic acids is 2. The third kappa shape index (κ3) is 3.48. The van der Waals surface area contributed by atoms with Crippen molar-refractivity contribution in [1.82, 2.24) is 10.2 Å². The molecule has 0 bridgehead atoms. The second kappa shape index (κ2) is 8.00. The number of hydrogen-bond donors (Lipinski definition) is 1. The second-order valence-electron chi connectivity index (χ2n) is 8.02. The van der Waals surface area contributed by atoms with Crippen molar-refractivity contribution in [1.29, 1.82) is 0 Å². The van der Waals surface area contributed by atoms with E-state index in [1.165, 1.54) is 14.2 Å². The third-order valence-electron chi connectivity index (χ3n) is 5.77. The Bertz CT molecular complexity index is 1020. The molecular weight excluding hydrogens is 416 g/mol. The van der Waals surface area contributed by atoms with Crippen LogP contribution in [-0.2, 0) is 11.3 Å². The highest BCUT2D eigenvalue weighted by molar-refractivity contribution is 8.01. The number of methoxy groups -OCH3 is 3. The van der Waals surface area contributed by atoms with E-state index in [1.54, 1.807) is 29.8 Å². The number of amides is 2. The molecule has 1 N–H and O–H groups in total. The second-order valence-corrected chi connectivity index (χ2v) is 9.75. The Morgan fingerprint density at radius 3 is 2.39 bits per heavy atom. The zero-order valence-corrected chi connectivity index (χ0v) is 19.0. The molecule has 0 saturated carbocycles. The summed E-state index contributed by atoms with van der Waals surface area (Å²) in [4.78, 5) is 28.4. The van der Waals surface area contributed by atoms with Crippen LogP contribution >= 0.6 is 11.8 Å². The minimum Gasteiger partial charge on any atom is -0.497 e. The number of thioether (sulfide) groups is 1. The Hall–Kier alpha value is -2.87. The molecule has 1 unspecified atom stereocenters. The Labute approximate surface area is 186 Å². The summed E-state index contributed by atoms with van der Waals surface area (Å²) in [5.41, 5.74) is 2.28. The lowest BCUT2D eigenvalue weighted by Crippen LogP contribution is -2.52. The van der Waals surface area contributed by atoms with Crippen molar-refractivity contribution < 1.29 is 23.8 Å². The first-order chi connectivity index (χ1) is 14.8. The quantitative estimate of drug-likeness (QED) is 0.739.